The van der Waals surface area contributed by atoms with Gasteiger partial charge >= 0.3 is 0 Å². The molecule has 134 valence electrons. The summed E-state index contributed by atoms with van der Waals surface area (Å²) in [5.41, 5.74) is 1.91. The normalized spacial score (nSPS) is 14.0. The molecule has 0 bridgehead atoms. The Balaban J connectivity index is 1.51. The number of benzene rings is 1. The summed E-state index contributed by atoms with van der Waals surface area (Å²) in [6, 6.07) is 10.4. The SMILES string of the molecule is Cc1cc(-c2nnc(C[NH+](C)[C@@H](C)c3nc4ccccc4s3)o2)c(C)o1. The maximum Gasteiger partial charge on any atom is 0.271 e. The Hall–Kier alpha value is -2.51. The van der Waals surface area contributed by atoms with Crippen molar-refractivity contribution in [3.05, 3.63) is 52.8 Å². The number of para-hydroxylation sites is 1. The first kappa shape index (κ1) is 16.9. The highest BCUT2D eigenvalue weighted by Gasteiger charge is 2.23. The Bertz CT molecular complexity index is 1020. The average Bonchev–Trinajstić information content (AvgIpc) is 3.32. The van der Waals surface area contributed by atoms with Gasteiger partial charge in [-0.1, -0.05) is 12.1 Å². The molecule has 4 aromatic rings. The molecule has 0 aliphatic heterocycles. The van der Waals surface area contributed by atoms with E-state index in [4.69, 9.17) is 13.8 Å². The molecular weight excluding hydrogens is 348 g/mol. The van der Waals surface area contributed by atoms with Crippen molar-refractivity contribution in [2.75, 3.05) is 7.05 Å². The first-order chi connectivity index (χ1) is 12.5. The number of hydrogen-bond acceptors (Lipinski definition) is 6. The maximum absolute atomic E-state index is 5.86. The molecule has 0 amide bonds. The van der Waals surface area contributed by atoms with E-state index in [9.17, 15) is 0 Å². The molecule has 3 aromatic heterocycles. The molecule has 0 saturated heterocycles. The molecule has 0 aliphatic rings. The molecule has 0 fully saturated rings. The lowest BCUT2D eigenvalue weighted by Crippen LogP contribution is -3.07. The van der Waals surface area contributed by atoms with Crippen LogP contribution in [-0.4, -0.2) is 22.2 Å². The fraction of sp³-hybridized carbons (Fsp3) is 0.316. The highest BCUT2D eigenvalue weighted by molar-refractivity contribution is 7.18. The second kappa shape index (κ2) is 6.66. The molecule has 1 N–H and O–H groups in total. The third kappa shape index (κ3) is 3.15. The van der Waals surface area contributed by atoms with Gasteiger partial charge < -0.3 is 13.7 Å². The average molecular weight is 369 g/mol. The highest BCUT2D eigenvalue weighted by atomic mass is 32.1. The molecule has 7 heteroatoms. The van der Waals surface area contributed by atoms with Crippen LogP contribution in [0.5, 0.6) is 0 Å². The Morgan fingerprint density at radius 2 is 1.96 bits per heavy atom. The molecular formula is C19H21N4O2S+. The van der Waals surface area contributed by atoms with Crippen LogP contribution in [0.15, 0.2) is 39.2 Å². The van der Waals surface area contributed by atoms with Crippen LogP contribution in [-0.2, 0) is 6.54 Å². The standard InChI is InChI=1S/C19H20N4O2S/c1-11-9-14(13(3)24-11)18-22-21-17(25-18)10-23(4)12(2)19-20-15-7-5-6-8-16(15)26-19/h5-9,12H,10H2,1-4H3/p+1/t12-/m0/s1. The number of nitrogens with one attached hydrogen (secondary N) is 1. The van der Waals surface area contributed by atoms with Crippen LogP contribution in [0.3, 0.4) is 0 Å². The van der Waals surface area contributed by atoms with Gasteiger partial charge in [0.1, 0.15) is 17.6 Å². The largest absolute Gasteiger partial charge is 0.466 e. The number of nitrogens with zero attached hydrogens (tertiary/aromatic N) is 3. The number of aryl methyl sites for hydroxylation is 2. The van der Waals surface area contributed by atoms with Gasteiger partial charge in [-0.2, -0.15) is 0 Å². The van der Waals surface area contributed by atoms with Crippen molar-refractivity contribution in [1.82, 2.24) is 15.2 Å². The molecule has 0 saturated carbocycles. The molecule has 0 spiro atoms. The minimum absolute atomic E-state index is 0.237. The summed E-state index contributed by atoms with van der Waals surface area (Å²) in [6.07, 6.45) is 0. The summed E-state index contributed by atoms with van der Waals surface area (Å²) >= 11 is 1.74. The van der Waals surface area contributed by atoms with Crippen LogP contribution >= 0.6 is 11.3 Å². The van der Waals surface area contributed by atoms with E-state index in [1.807, 2.05) is 32.0 Å². The van der Waals surface area contributed by atoms with Gasteiger partial charge in [-0.15, -0.1) is 21.5 Å². The van der Waals surface area contributed by atoms with Crippen LogP contribution in [0.1, 0.15) is 35.4 Å². The van der Waals surface area contributed by atoms with Crippen LogP contribution in [0, 0.1) is 13.8 Å². The quantitative estimate of drug-likeness (QED) is 0.584. The number of fused-ring (bicyclic) bond motifs is 1. The Labute approximate surface area is 155 Å². The summed E-state index contributed by atoms with van der Waals surface area (Å²) in [5, 5.41) is 9.50. The Morgan fingerprint density at radius 1 is 1.15 bits per heavy atom. The summed E-state index contributed by atoms with van der Waals surface area (Å²) in [4.78, 5) is 6.01. The molecule has 0 radical (unpaired) electrons. The molecule has 6 nitrogen and oxygen atoms in total. The number of rotatable bonds is 5. The molecule has 1 unspecified atom stereocenters. The van der Waals surface area contributed by atoms with Crippen LogP contribution < -0.4 is 4.90 Å². The van der Waals surface area contributed by atoms with Crippen molar-refractivity contribution in [2.24, 2.45) is 0 Å². The van der Waals surface area contributed by atoms with Crippen molar-refractivity contribution >= 4 is 21.6 Å². The van der Waals surface area contributed by atoms with Crippen LogP contribution in [0.2, 0.25) is 0 Å². The van der Waals surface area contributed by atoms with E-state index >= 15 is 0 Å². The number of furan rings is 1. The minimum Gasteiger partial charge on any atom is -0.466 e. The zero-order valence-electron chi connectivity index (χ0n) is 15.2. The van der Waals surface area contributed by atoms with E-state index < -0.39 is 0 Å². The van der Waals surface area contributed by atoms with Crippen molar-refractivity contribution in [1.29, 1.82) is 0 Å². The zero-order valence-corrected chi connectivity index (χ0v) is 16.1. The molecule has 1 aromatic carbocycles. The summed E-state index contributed by atoms with van der Waals surface area (Å²) in [7, 11) is 2.12. The van der Waals surface area contributed by atoms with E-state index in [0.29, 0.717) is 18.3 Å². The van der Waals surface area contributed by atoms with E-state index in [2.05, 4.69) is 36.3 Å². The topological polar surface area (TPSA) is 69.4 Å². The van der Waals surface area contributed by atoms with Crippen molar-refractivity contribution in [2.45, 2.75) is 33.4 Å². The summed E-state index contributed by atoms with van der Waals surface area (Å²) < 4.78 is 12.6. The first-order valence-corrected chi connectivity index (χ1v) is 9.40. The van der Waals surface area contributed by atoms with Gasteiger partial charge in [0, 0.05) is 0 Å². The van der Waals surface area contributed by atoms with Crippen molar-refractivity contribution < 1.29 is 13.7 Å². The minimum atomic E-state index is 0.237. The number of aromatic nitrogens is 3. The van der Waals surface area contributed by atoms with Gasteiger partial charge in [0.2, 0.25) is 0 Å². The van der Waals surface area contributed by atoms with E-state index in [0.717, 1.165) is 27.6 Å². The highest BCUT2D eigenvalue weighted by Crippen LogP contribution is 2.26. The van der Waals surface area contributed by atoms with Gasteiger partial charge in [0.25, 0.3) is 11.8 Å². The second-order valence-corrected chi connectivity index (χ2v) is 7.65. The monoisotopic (exact) mass is 369 g/mol. The number of thiazole rings is 1. The summed E-state index contributed by atoms with van der Waals surface area (Å²) in [5.74, 6) is 2.75. The van der Waals surface area contributed by atoms with Gasteiger partial charge in [-0.05, 0) is 39.0 Å². The number of hydrogen-bond donors (Lipinski definition) is 1. The van der Waals surface area contributed by atoms with Crippen LogP contribution in [0.4, 0.5) is 0 Å². The van der Waals surface area contributed by atoms with Crippen LogP contribution in [0.25, 0.3) is 21.7 Å². The fourth-order valence-electron chi connectivity index (χ4n) is 2.95. The lowest BCUT2D eigenvalue weighted by Gasteiger charge is -2.17. The predicted molar refractivity (Wildman–Crippen MR) is 100 cm³/mol. The third-order valence-corrected chi connectivity index (χ3v) is 5.81. The van der Waals surface area contributed by atoms with Crippen molar-refractivity contribution in [3.8, 4) is 11.5 Å². The zero-order chi connectivity index (χ0) is 18.3. The maximum atomic E-state index is 5.86. The molecule has 3 heterocycles. The third-order valence-electron chi connectivity index (χ3n) is 4.59. The fourth-order valence-corrected chi connectivity index (χ4v) is 4.07. The van der Waals surface area contributed by atoms with Gasteiger partial charge in [0.15, 0.2) is 11.6 Å². The van der Waals surface area contributed by atoms with E-state index in [-0.39, 0.29) is 6.04 Å². The Kier molecular flexibility index (Phi) is 4.34. The predicted octanol–water partition coefficient (Wildman–Crippen LogP) is 3.33. The molecule has 4 rings (SSSR count). The first-order valence-electron chi connectivity index (χ1n) is 8.59. The molecule has 2 atom stereocenters. The smallest absolute Gasteiger partial charge is 0.271 e. The molecule has 0 aliphatic carbocycles. The van der Waals surface area contributed by atoms with Gasteiger partial charge in [0.05, 0.1) is 22.8 Å². The lowest BCUT2D eigenvalue weighted by molar-refractivity contribution is -0.925. The summed E-state index contributed by atoms with van der Waals surface area (Å²) in [6.45, 7) is 6.62. The Morgan fingerprint density at radius 3 is 2.69 bits per heavy atom. The van der Waals surface area contributed by atoms with Crippen molar-refractivity contribution in [3.63, 3.8) is 0 Å². The molecule has 26 heavy (non-hydrogen) atoms. The number of quaternary nitrogens is 1. The second-order valence-electron chi connectivity index (χ2n) is 6.59. The van der Waals surface area contributed by atoms with E-state index in [1.54, 1.807) is 11.3 Å². The van der Waals surface area contributed by atoms with Gasteiger partial charge in [-0.3, -0.25) is 0 Å². The van der Waals surface area contributed by atoms with E-state index in [1.165, 1.54) is 9.60 Å². The lowest BCUT2D eigenvalue weighted by atomic mass is 10.2. The van der Waals surface area contributed by atoms with Gasteiger partial charge in [-0.25, -0.2) is 4.98 Å².